The van der Waals surface area contributed by atoms with Crippen LogP contribution in [0.1, 0.15) is 25.7 Å². The van der Waals surface area contributed by atoms with Gasteiger partial charge in [0, 0.05) is 5.41 Å². The lowest BCUT2D eigenvalue weighted by Gasteiger charge is -2.29. The zero-order valence-corrected chi connectivity index (χ0v) is 13.7. The quantitative estimate of drug-likeness (QED) is 0.299. The van der Waals surface area contributed by atoms with Crippen molar-refractivity contribution in [1.29, 1.82) is 0 Å². The van der Waals surface area contributed by atoms with Gasteiger partial charge in [-0.3, -0.25) is 19.2 Å². The summed E-state index contributed by atoms with van der Waals surface area (Å²) in [4.78, 5) is 47.5. The third-order valence-corrected chi connectivity index (χ3v) is 2.94. The summed E-state index contributed by atoms with van der Waals surface area (Å²) in [5.41, 5.74) is -1.50. The van der Waals surface area contributed by atoms with Crippen LogP contribution in [0.5, 0.6) is 0 Å². The molecule has 8 heteroatoms. The van der Waals surface area contributed by atoms with Crippen LogP contribution < -0.4 is 0 Å². The highest BCUT2D eigenvalue weighted by atomic mass is 16.5. The van der Waals surface area contributed by atoms with Crippen molar-refractivity contribution in [3.63, 3.8) is 0 Å². The highest BCUT2D eigenvalue weighted by Crippen LogP contribution is 2.37. The molecular weight excluding hydrogens is 332 g/mol. The van der Waals surface area contributed by atoms with Gasteiger partial charge >= 0.3 is 23.9 Å². The first kappa shape index (κ1) is 21.8. The van der Waals surface area contributed by atoms with E-state index < -0.39 is 55.0 Å². The Balaban J connectivity index is 5.69. The van der Waals surface area contributed by atoms with E-state index in [4.69, 9.17) is 0 Å². The van der Waals surface area contributed by atoms with Crippen LogP contribution in [0.25, 0.3) is 0 Å². The van der Waals surface area contributed by atoms with Crippen LogP contribution in [0.4, 0.5) is 0 Å². The van der Waals surface area contributed by atoms with Crippen LogP contribution >= 0.6 is 0 Å². The van der Waals surface area contributed by atoms with Crippen LogP contribution in [-0.2, 0) is 38.1 Å². The molecule has 0 aliphatic carbocycles. The Hall–Kier alpha value is -3.16. The summed E-state index contributed by atoms with van der Waals surface area (Å²) in [5, 5.41) is 0. The van der Waals surface area contributed by atoms with Gasteiger partial charge in [-0.25, -0.2) is 0 Å². The fourth-order valence-corrected chi connectivity index (χ4v) is 2.14. The molecule has 0 aromatic rings. The topological polar surface area (TPSA) is 105 Å². The fraction of sp³-hybridized carbons (Fsp3) is 0.294. The van der Waals surface area contributed by atoms with Crippen molar-refractivity contribution < 1.29 is 38.1 Å². The van der Waals surface area contributed by atoms with Crippen molar-refractivity contribution in [2.75, 3.05) is 0 Å². The fourth-order valence-electron chi connectivity index (χ4n) is 2.14. The Morgan fingerprint density at radius 2 is 0.760 bits per heavy atom. The summed E-state index contributed by atoms with van der Waals surface area (Å²) in [6.45, 7) is 13.0. The van der Waals surface area contributed by atoms with E-state index >= 15 is 0 Å². The molecule has 0 radical (unpaired) electrons. The number of carbonyl (C=O) groups excluding carboxylic acids is 4. The van der Waals surface area contributed by atoms with Crippen molar-refractivity contribution in [1.82, 2.24) is 0 Å². The van der Waals surface area contributed by atoms with E-state index in [1.165, 1.54) is 0 Å². The monoisotopic (exact) mass is 352 g/mol. The van der Waals surface area contributed by atoms with Gasteiger partial charge in [0.2, 0.25) is 0 Å². The summed E-state index contributed by atoms with van der Waals surface area (Å²) in [7, 11) is 0. The molecule has 0 aromatic carbocycles. The highest BCUT2D eigenvalue weighted by molar-refractivity contribution is 5.81. The molecule has 25 heavy (non-hydrogen) atoms. The van der Waals surface area contributed by atoms with Gasteiger partial charge in [0.05, 0.1) is 50.7 Å². The first-order chi connectivity index (χ1) is 11.8. The minimum absolute atomic E-state index is 0.469. The second-order valence-corrected chi connectivity index (χ2v) is 4.83. The van der Waals surface area contributed by atoms with Gasteiger partial charge in [-0.2, -0.15) is 0 Å². The molecule has 136 valence electrons. The molecule has 0 N–H and O–H groups in total. The predicted octanol–water partition coefficient (Wildman–Crippen LogP) is 2.28. The van der Waals surface area contributed by atoms with Crippen LogP contribution in [0.15, 0.2) is 51.4 Å². The summed E-state index contributed by atoms with van der Waals surface area (Å²) >= 11 is 0. The molecule has 0 aromatic heterocycles. The van der Waals surface area contributed by atoms with Crippen molar-refractivity contribution in [2.24, 2.45) is 5.41 Å². The third kappa shape index (κ3) is 8.89. The summed E-state index contributed by atoms with van der Waals surface area (Å²) < 4.78 is 18.5. The van der Waals surface area contributed by atoms with Gasteiger partial charge in [-0.05, 0) is 0 Å². The number of esters is 4. The molecule has 0 saturated carbocycles. The van der Waals surface area contributed by atoms with Crippen molar-refractivity contribution >= 4 is 23.9 Å². The average Bonchev–Trinajstić information content (AvgIpc) is 2.47. The SMILES string of the molecule is C=COC(=O)CC(CC(=O)OC=C)(CC(=O)OC=C)CC(=O)OC=C. The molecular formula is C17H20O8. The number of ether oxygens (including phenoxy) is 4. The Morgan fingerprint density at radius 3 is 0.920 bits per heavy atom. The van der Waals surface area contributed by atoms with Crippen molar-refractivity contribution in [3.05, 3.63) is 51.4 Å². The Kier molecular flexibility index (Phi) is 9.95. The van der Waals surface area contributed by atoms with E-state index in [1.807, 2.05) is 0 Å². The molecule has 0 bridgehead atoms. The van der Waals surface area contributed by atoms with Crippen molar-refractivity contribution in [3.8, 4) is 0 Å². The van der Waals surface area contributed by atoms with E-state index in [0.29, 0.717) is 0 Å². The van der Waals surface area contributed by atoms with E-state index in [0.717, 1.165) is 25.0 Å². The Morgan fingerprint density at radius 1 is 0.560 bits per heavy atom. The molecule has 8 nitrogen and oxygen atoms in total. The summed E-state index contributed by atoms with van der Waals surface area (Å²) in [6.07, 6.45) is 1.68. The van der Waals surface area contributed by atoms with Crippen molar-refractivity contribution in [2.45, 2.75) is 25.7 Å². The molecule has 0 aliphatic heterocycles. The minimum atomic E-state index is -1.50. The van der Waals surface area contributed by atoms with Gasteiger partial charge in [0.15, 0.2) is 0 Å². The van der Waals surface area contributed by atoms with Crippen LogP contribution in [0.3, 0.4) is 0 Å². The molecule has 0 fully saturated rings. The molecule has 0 amide bonds. The van der Waals surface area contributed by atoms with Gasteiger partial charge in [-0.1, -0.05) is 26.3 Å². The lowest BCUT2D eigenvalue weighted by Crippen LogP contribution is -2.34. The van der Waals surface area contributed by atoms with Crippen LogP contribution in [0, 0.1) is 5.41 Å². The summed E-state index contributed by atoms with van der Waals surface area (Å²) in [5.74, 6) is -3.23. The maximum absolute atomic E-state index is 11.9. The average molecular weight is 352 g/mol. The number of hydrogen-bond acceptors (Lipinski definition) is 8. The molecule has 0 heterocycles. The van der Waals surface area contributed by atoms with Gasteiger partial charge in [0.25, 0.3) is 0 Å². The summed E-state index contributed by atoms with van der Waals surface area (Å²) in [6, 6.07) is 0. The zero-order valence-electron chi connectivity index (χ0n) is 13.7. The molecule has 0 unspecified atom stereocenters. The van der Waals surface area contributed by atoms with Gasteiger partial charge in [-0.15, -0.1) is 0 Å². The molecule has 0 rings (SSSR count). The van der Waals surface area contributed by atoms with E-state index in [9.17, 15) is 19.2 Å². The zero-order chi connectivity index (χ0) is 19.3. The third-order valence-electron chi connectivity index (χ3n) is 2.94. The normalized spacial score (nSPS) is 9.92. The van der Waals surface area contributed by atoms with E-state index in [1.54, 1.807) is 0 Å². The number of carbonyl (C=O) groups is 4. The number of rotatable bonds is 12. The first-order valence-electron chi connectivity index (χ1n) is 7.04. The lowest BCUT2D eigenvalue weighted by molar-refractivity contribution is -0.152. The molecule has 0 atom stereocenters. The molecule has 0 saturated heterocycles. The molecule has 0 spiro atoms. The maximum atomic E-state index is 11.9. The second-order valence-electron chi connectivity index (χ2n) is 4.83. The van der Waals surface area contributed by atoms with Gasteiger partial charge in [0.1, 0.15) is 0 Å². The van der Waals surface area contributed by atoms with E-state index in [-0.39, 0.29) is 0 Å². The first-order valence-corrected chi connectivity index (χ1v) is 7.04. The second kappa shape index (κ2) is 11.4. The minimum Gasteiger partial charge on any atom is -0.435 e. The lowest BCUT2D eigenvalue weighted by atomic mass is 9.75. The van der Waals surface area contributed by atoms with Gasteiger partial charge < -0.3 is 18.9 Å². The standard InChI is InChI=1S/C17H20O8/c1-5-22-13(18)9-17(10-14(19)23-6-2,11-15(20)24-7-3)12-16(21)25-8-4/h5-8H,1-4,9-12H2. The van der Waals surface area contributed by atoms with Crippen LogP contribution in [0.2, 0.25) is 0 Å². The van der Waals surface area contributed by atoms with E-state index in [2.05, 4.69) is 45.3 Å². The largest absolute Gasteiger partial charge is 0.435 e. The highest BCUT2D eigenvalue weighted by Gasteiger charge is 2.41. The molecule has 0 aliphatic rings. The predicted molar refractivity (Wildman–Crippen MR) is 86.1 cm³/mol. The van der Waals surface area contributed by atoms with Crippen LogP contribution in [-0.4, -0.2) is 23.9 Å². The Bertz CT molecular complexity index is 459. The number of hydrogen-bond donors (Lipinski definition) is 0. The maximum Gasteiger partial charge on any atom is 0.311 e. The Labute approximate surface area is 145 Å². The smallest absolute Gasteiger partial charge is 0.311 e.